The SMILES string of the molecule is COc1cc(C(=O)N2CCC(C(=O)N3CCCCC3)CC2)c([N+](=O)[O-])c(OC)c1OC. The zero-order chi connectivity index (χ0) is 22.5. The van der Waals surface area contributed by atoms with Crippen molar-refractivity contribution in [2.24, 2.45) is 5.92 Å². The first kappa shape index (κ1) is 22.6. The summed E-state index contributed by atoms with van der Waals surface area (Å²) in [5.74, 6) is -0.384. The summed E-state index contributed by atoms with van der Waals surface area (Å²) in [7, 11) is 4.00. The van der Waals surface area contributed by atoms with Gasteiger partial charge in [0.1, 0.15) is 5.56 Å². The van der Waals surface area contributed by atoms with Gasteiger partial charge < -0.3 is 24.0 Å². The second-order valence-electron chi connectivity index (χ2n) is 7.75. The monoisotopic (exact) mass is 435 g/mol. The number of amides is 2. The molecule has 2 amide bonds. The maximum atomic E-state index is 13.2. The Labute approximate surface area is 181 Å². The predicted octanol–water partition coefficient (Wildman–Crippen LogP) is 2.49. The highest BCUT2D eigenvalue weighted by atomic mass is 16.6. The molecule has 2 fully saturated rings. The van der Waals surface area contributed by atoms with E-state index in [4.69, 9.17) is 14.2 Å². The number of likely N-dealkylation sites (tertiary alicyclic amines) is 2. The van der Waals surface area contributed by atoms with E-state index >= 15 is 0 Å². The lowest BCUT2D eigenvalue weighted by atomic mass is 9.93. The Bertz CT molecular complexity index is 844. The van der Waals surface area contributed by atoms with Crippen molar-refractivity contribution >= 4 is 17.5 Å². The number of rotatable bonds is 6. The van der Waals surface area contributed by atoms with Crippen molar-refractivity contribution in [1.29, 1.82) is 0 Å². The minimum Gasteiger partial charge on any atom is -0.493 e. The van der Waals surface area contributed by atoms with Crippen LogP contribution in [0.2, 0.25) is 0 Å². The minimum absolute atomic E-state index is 0.0547. The zero-order valence-corrected chi connectivity index (χ0v) is 18.2. The standard InChI is InChI=1S/C21H29N3O7/c1-29-16-13-15(17(24(27)28)19(31-3)18(16)30-2)21(26)23-11-7-14(8-12-23)20(25)22-9-5-4-6-10-22/h13-14H,4-12H2,1-3H3. The highest BCUT2D eigenvalue weighted by molar-refractivity contribution is 6.00. The fraction of sp³-hybridized carbons (Fsp3) is 0.619. The molecule has 2 aliphatic heterocycles. The fourth-order valence-corrected chi connectivity index (χ4v) is 4.36. The van der Waals surface area contributed by atoms with E-state index in [9.17, 15) is 19.7 Å². The summed E-state index contributed by atoms with van der Waals surface area (Å²) in [6, 6.07) is 1.31. The third-order valence-electron chi connectivity index (χ3n) is 6.02. The molecule has 2 aliphatic rings. The third kappa shape index (κ3) is 4.52. The summed E-state index contributed by atoms with van der Waals surface area (Å²) in [5, 5.41) is 11.8. The van der Waals surface area contributed by atoms with Gasteiger partial charge in [-0.25, -0.2) is 0 Å². The largest absolute Gasteiger partial charge is 0.493 e. The number of nitrogens with zero attached hydrogens (tertiary/aromatic N) is 3. The number of hydrogen-bond donors (Lipinski definition) is 0. The predicted molar refractivity (Wildman–Crippen MR) is 112 cm³/mol. The van der Waals surface area contributed by atoms with Crippen LogP contribution in [0.1, 0.15) is 42.5 Å². The lowest BCUT2D eigenvalue weighted by Crippen LogP contribution is -2.45. The van der Waals surface area contributed by atoms with Crippen LogP contribution in [-0.2, 0) is 4.79 Å². The van der Waals surface area contributed by atoms with Crippen LogP contribution in [0.5, 0.6) is 17.2 Å². The summed E-state index contributed by atoms with van der Waals surface area (Å²) in [6.45, 7) is 2.32. The fourth-order valence-electron chi connectivity index (χ4n) is 4.36. The normalized spacial score (nSPS) is 17.3. The van der Waals surface area contributed by atoms with Crippen LogP contribution in [0.3, 0.4) is 0 Å². The van der Waals surface area contributed by atoms with Crippen LogP contribution < -0.4 is 14.2 Å². The first-order valence-corrected chi connectivity index (χ1v) is 10.5. The molecular formula is C21H29N3O7. The number of benzene rings is 1. The average molecular weight is 435 g/mol. The van der Waals surface area contributed by atoms with Gasteiger partial charge in [-0.3, -0.25) is 19.7 Å². The molecule has 0 saturated carbocycles. The Kier molecular flexibility index (Phi) is 7.19. The van der Waals surface area contributed by atoms with Gasteiger partial charge in [0.25, 0.3) is 5.91 Å². The first-order valence-electron chi connectivity index (χ1n) is 10.5. The van der Waals surface area contributed by atoms with Gasteiger partial charge in [-0.2, -0.15) is 0 Å². The molecule has 0 spiro atoms. The topological polar surface area (TPSA) is 111 Å². The van der Waals surface area contributed by atoms with Crippen molar-refractivity contribution in [3.8, 4) is 17.2 Å². The van der Waals surface area contributed by atoms with Crippen LogP contribution in [0.25, 0.3) is 0 Å². The van der Waals surface area contributed by atoms with E-state index in [1.54, 1.807) is 4.90 Å². The average Bonchev–Trinajstić information content (AvgIpc) is 2.82. The van der Waals surface area contributed by atoms with E-state index in [1.807, 2.05) is 4.90 Å². The molecule has 2 saturated heterocycles. The Hall–Kier alpha value is -3.04. The number of piperidine rings is 2. The number of nitro benzene ring substituents is 1. The molecule has 10 heteroatoms. The van der Waals surface area contributed by atoms with E-state index in [0.717, 1.165) is 32.4 Å². The highest BCUT2D eigenvalue weighted by Gasteiger charge is 2.36. The lowest BCUT2D eigenvalue weighted by molar-refractivity contribution is -0.386. The summed E-state index contributed by atoms with van der Waals surface area (Å²) in [6.07, 6.45) is 4.31. The van der Waals surface area contributed by atoms with Crippen molar-refractivity contribution < 1.29 is 28.7 Å². The smallest absolute Gasteiger partial charge is 0.327 e. The zero-order valence-electron chi connectivity index (χ0n) is 18.2. The molecule has 0 radical (unpaired) electrons. The number of carbonyl (C=O) groups is 2. The van der Waals surface area contributed by atoms with Gasteiger partial charge in [-0.15, -0.1) is 0 Å². The van der Waals surface area contributed by atoms with Gasteiger partial charge in [-0.05, 0) is 32.1 Å². The lowest BCUT2D eigenvalue weighted by Gasteiger charge is -2.35. The number of carbonyl (C=O) groups excluding carboxylic acids is 2. The van der Waals surface area contributed by atoms with E-state index in [1.165, 1.54) is 27.4 Å². The van der Waals surface area contributed by atoms with Gasteiger partial charge >= 0.3 is 5.69 Å². The van der Waals surface area contributed by atoms with E-state index in [0.29, 0.717) is 25.9 Å². The van der Waals surface area contributed by atoms with Crippen molar-refractivity contribution in [1.82, 2.24) is 9.80 Å². The van der Waals surface area contributed by atoms with Crippen molar-refractivity contribution in [3.05, 3.63) is 21.7 Å². The summed E-state index contributed by atoms with van der Waals surface area (Å²) >= 11 is 0. The number of ether oxygens (including phenoxy) is 3. The molecule has 170 valence electrons. The van der Waals surface area contributed by atoms with Crippen LogP contribution in [0, 0.1) is 16.0 Å². The quantitative estimate of drug-likeness (QED) is 0.498. The third-order valence-corrected chi connectivity index (χ3v) is 6.02. The first-order chi connectivity index (χ1) is 14.9. The summed E-state index contributed by atoms with van der Waals surface area (Å²) in [4.78, 5) is 40.6. The molecule has 0 atom stereocenters. The molecule has 1 aromatic rings. The molecular weight excluding hydrogens is 406 g/mol. The van der Waals surface area contributed by atoms with Gasteiger partial charge in [-0.1, -0.05) is 0 Å². The van der Waals surface area contributed by atoms with Gasteiger partial charge in [0.2, 0.25) is 17.4 Å². The van der Waals surface area contributed by atoms with E-state index in [2.05, 4.69) is 0 Å². The van der Waals surface area contributed by atoms with Crippen molar-refractivity contribution in [3.63, 3.8) is 0 Å². The van der Waals surface area contributed by atoms with Crippen molar-refractivity contribution in [2.45, 2.75) is 32.1 Å². The van der Waals surface area contributed by atoms with Gasteiger partial charge in [0, 0.05) is 38.2 Å². The second kappa shape index (κ2) is 9.84. The number of hydrogen-bond acceptors (Lipinski definition) is 7. The Morgan fingerprint density at radius 1 is 0.935 bits per heavy atom. The molecule has 1 aromatic carbocycles. The summed E-state index contributed by atoms with van der Waals surface area (Å²) < 4.78 is 15.7. The van der Waals surface area contributed by atoms with Gasteiger partial charge in [0.05, 0.1) is 26.3 Å². The van der Waals surface area contributed by atoms with Crippen LogP contribution >= 0.6 is 0 Å². The minimum atomic E-state index is -0.652. The molecule has 31 heavy (non-hydrogen) atoms. The summed E-state index contributed by atoms with van der Waals surface area (Å²) in [5.41, 5.74) is -0.586. The molecule has 2 heterocycles. The molecule has 10 nitrogen and oxygen atoms in total. The Morgan fingerprint density at radius 3 is 2.06 bits per heavy atom. The van der Waals surface area contributed by atoms with E-state index < -0.39 is 16.5 Å². The van der Waals surface area contributed by atoms with Crippen LogP contribution in [-0.4, -0.2) is 74.0 Å². The molecule has 0 aromatic heterocycles. The molecule has 0 unspecified atom stereocenters. The maximum absolute atomic E-state index is 13.2. The molecule has 3 rings (SSSR count). The number of methoxy groups -OCH3 is 3. The Balaban J connectivity index is 1.80. The maximum Gasteiger partial charge on any atom is 0.327 e. The van der Waals surface area contributed by atoms with Gasteiger partial charge in [0.15, 0.2) is 5.75 Å². The second-order valence-corrected chi connectivity index (χ2v) is 7.75. The molecule has 0 N–H and O–H groups in total. The van der Waals surface area contributed by atoms with Crippen LogP contribution in [0.4, 0.5) is 5.69 Å². The van der Waals surface area contributed by atoms with Crippen molar-refractivity contribution in [2.75, 3.05) is 47.5 Å². The number of nitro groups is 1. The Morgan fingerprint density at radius 2 is 1.55 bits per heavy atom. The van der Waals surface area contributed by atoms with Crippen LogP contribution in [0.15, 0.2) is 6.07 Å². The molecule has 0 aliphatic carbocycles. The van der Waals surface area contributed by atoms with E-state index in [-0.39, 0.29) is 34.6 Å². The molecule has 0 bridgehead atoms. The highest BCUT2D eigenvalue weighted by Crippen LogP contribution is 2.46.